The normalized spacial score (nSPS) is 21.7. The highest BCUT2D eigenvalue weighted by Crippen LogP contribution is 2.08. The van der Waals surface area contributed by atoms with Gasteiger partial charge < -0.3 is 4.74 Å². The average Bonchev–Trinajstić information content (AvgIpc) is 2.22. The lowest BCUT2D eigenvalue weighted by atomic mass is 10.2. The third-order valence-corrected chi connectivity index (χ3v) is 2.88. The van der Waals surface area contributed by atoms with Crippen molar-refractivity contribution in [1.29, 1.82) is 0 Å². The summed E-state index contributed by atoms with van der Waals surface area (Å²) in [7, 11) is 1.23. The van der Waals surface area contributed by atoms with E-state index in [-0.39, 0.29) is 0 Å². The van der Waals surface area contributed by atoms with Crippen LogP contribution in [-0.2, 0) is 4.74 Å². The molecule has 0 amide bonds. The van der Waals surface area contributed by atoms with Gasteiger partial charge in [-0.2, -0.15) is 0 Å². The molecule has 0 saturated carbocycles. The second-order valence-electron chi connectivity index (χ2n) is 3.20. The molecule has 1 aliphatic heterocycles. The molecule has 13 heavy (non-hydrogen) atoms. The lowest BCUT2D eigenvalue weighted by Gasteiger charge is -2.17. The Morgan fingerprint density at radius 1 is 1.15 bits per heavy atom. The van der Waals surface area contributed by atoms with Crippen LogP contribution in [0.2, 0.25) is 0 Å². The molecule has 3 heteroatoms. The molecule has 0 aromatic carbocycles. The number of ether oxygens (including phenoxy) is 1. The summed E-state index contributed by atoms with van der Waals surface area (Å²) in [6, 6.07) is 5.72. The Morgan fingerprint density at radius 2 is 1.92 bits per heavy atom. The third kappa shape index (κ3) is 5.55. The van der Waals surface area contributed by atoms with Crippen LogP contribution in [0.3, 0.4) is 0 Å². The van der Waals surface area contributed by atoms with Crippen LogP contribution in [0, 0.1) is 0 Å². The summed E-state index contributed by atoms with van der Waals surface area (Å²) in [5.74, 6) is 0. The fourth-order valence-corrected chi connectivity index (χ4v) is 1.86. The van der Waals surface area contributed by atoms with Crippen molar-refractivity contribution < 1.29 is 4.74 Å². The van der Waals surface area contributed by atoms with Crippen LogP contribution in [-0.4, -0.2) is 27.6 Å². The van der Waals surface area contributed by atoms with Crippen LogP contribution in [0.1, 0.15) is 19.3 Å². The monoisotopic (exact) mass is 195 g/mol. The SMILES string of the molecule is [SiH3]C1CCCCO1.c1ccncc1. The van der Waals surface area contributed by atoms with E-state index in [9.17, 15) is 0 Å². The summed E-state index contributed by atoms with van der Waals surface area (Å²) in [4.78, 5) is 3.78. The molecule has 2 nitrogen and oxygen atoms in total. The van der Waals surface area contributed by atoms with Gasteiger partial charge in [0.05, 0.1) is 0 Å². The first kappa shape index (κ1) is 10.4. The second kappa shape index (κ2) is 6.80. The molecular formula is C10H17NOSi. The molecule has 0 radical (unpaired) electrons. The van der Waals surface area contributed by atoms with Crippen molar-refractivity contribution in [2.45, 2.75) is 25.0 Å². The predicted molar refractivity (Wildman–Crippen MR) is 57.8 cm³/mol. The Labute approximate surface area is 82.8 Å². The van der Waals surface area contributed by atoms with Gasteiger partial charge in [0.2, 0.25) is 0 Å². The van der Waals surface area contributed by atoms with Gasteiger partial charge in [0, 0.05) is 35.0 Å². The van der Waals surface area contributed by atoms with E-state index in [1.54, 1.807) is 12.4 Å². The highest BCUT2D eigenvalue weighted by molar-refractivity contribution is 6.10. The van der Waals surface area contributed by atoms with E-state index in [2.05, 4.69) is 4.98 Å². The fraction of sp³-hybridized carbons (Fsp3) is 0.500. The number of nitrogens with zero attached hydrogens (tertiary/aromatic N) is 1. The number of rotatable bonds is 0. The van der Waals surface area contributed by atoms with Gasteiger partial charge in [0.25, 0.3) is 0 Å². The third-order valence-electron chi connectivity index (χ3n) is 1.97. The van der Waals surface area contributed by atoms with E-state index in [1.165, 1.54) is 29.5 Å². The summed E-state index contributed by atoms with van der Waals surface area (Å²) in [5.41, 5.74) is 0.675. The van der Waals surface area contributed by atoms with Gasteiger partial charge in [0.1, 0.15) is 0 Å². The lowest BCUT2D eigenvalue weighted by Crippen LogP contribution is -2.18. The van der Waals surface area contributed by atoms with Crippen LogP contribution < -0.4 is 0 Å². The van der Waals surface area contributed by atoms with Gasteiger partial charge in [-0.25, -0.2) is 0 Å². The maximum atomic E-state index is 5.34. The molecule has 1 aromatic rings. The van der Waals surface area contributed by atoms with Crippen LogP contribution in [0.4, 0.5) is 0 Å². The van der Waals surface area contributed by atoms with E-state index in [0.717, 1.165) is 6.61 Å². The van der Waals surface area contributed by atoms with Gasteiger partial charge in [0.15, 0.2) is 0 Å². The lowest BCUT2D eigenvalue weighted by molar-refractivity contribution is 0.0675. The standard InChI is InChI=1S/C5H5N.C5H12OSi/c1-2-4-6-5-3-1;7-5-3-1-2-4-6-5/h1-5H;5H,1-4H2,7H3. The van der Waals surface area contributed by atoms with Gasteiger partial charge in [-0.1, -0.05) is 6.07 Å². The maximum Gasteiger partial charge on any atom is 0.0465 e. The summed E-state index contributed by atoms with van der Waals surface area (Å²) in [6.07, 6.45) is 7.51. The number of aromatic nitrogens is 1. The molecule has 1 aliphatic rings. The van der Waals surface area contributed by atoms with Crippen molar-refractivity contribution in [3.8, 4) is 0 Å². The molecule has 1 fully saturated rings. The number of hydrogen-bond donors (Lipinski definition) is 0. The number of pyridine rings is 1. The van der Waals surface area contributed by atoms with Crippen molar-refractivity contribution >= 4 is 10.2 Å². The van der Waals surface area contributed by atoms with E-state index in [0.29, 0.717) is 5.73 Å². The molecular weight excluding hydrogens is 178 g/mol. The molecule has 0 bridgehead atoms. The van der Waals surface area contributed by atoms with Crippen molar-refractivity contribution in [3.63, 3.8) is 0 Å². The Hall–Kier alpha value is -0.673. The zero-order valence-corrected chi connectivity index (χ0v) is 10.1. The highest BCUT2D eigenvalue weighted by Gasteiger charge is 2.05. The van der Waals surface area contributed by atoms with E-state index >= 15 is 0 Å². The summed E-state index contributed by atoms with van der Waals surface area (Å²) < 4.78 is 5.34. The molecule has 1 saturated heterocycles. The van der Waals surface area contributed by atoms with Crippen molar-refractivity contribution in [3.05, 3.63) is 30.6 Å². The molecule has 0 N–H and O–H groups in total. The minimum atomic E-state index is 0.675. The van der Waals surface area contributed by atoms with Crippen LogP contribution >= 0.6 is 0 Å². The van der Waals surface area contributed by atoms with Crippen molar-refractivity contribution in [1.82, 2.24) is 4.98 Å². The Balaban J connectivity index is 0.000000132. The van der Waals surface area contributed by atoms with Crippen molar-refractivity contribution in [2.75, 3.05) is 6.61 Å². The molecule has 2 rings (SSSR count). The number of hydrogen-bond acceptors (Lipinski definition) is 2. The van der Waals surface area contributed by atoms with E-state index < -0.39 is 0 Å². The molecule has 0 spiro atoms. The summed E-state index contributed by atoms with van der Waals surface area (Å²) in [6.45, 7) is 1.02. The molecule has 1 aromatic heterocycles. The first-order valence-electron chi connectivity index (χ1n) is 4.86. The fourth-order valence-electron chi connectivity index (χ4n) is 1.21. The first-order chi connectivity index (χ1) is 6.39. The Kier molecular flexibility index (Phi) is 5.45. The zero-order chi connectivity index (χ0) is 9.36. The molecule has 1 unspecified atom stereocenters. The zero-order valence-electron chi connectivity index (χ0n) is 8.15. The van der Waals surface area contributed by atoms with Gasteiger partial charge in [-0.05, 0) is 31.4 Å². The van der Waals surface area contributed by atoms with Gasteiger partial charge in [-0.3, -0.25) is 4.98 Å². The topological polar surface area (TPSA) is 22.1 Å². The Morgan fingerprint density at radius 3 is 2.15 bits per heavy atom. The minimum absolute atomic E-state index is 0.675. The largest absolute Gasteiger partial charge is 0.383 e. The molecule has 72 valence electrons. The first-order valence-corrected chi connectivity index (χ1v) is 6.01. The van der Waals surface area contributed by atoms with Gasteiger partial charge in [-0.15, -0.1) is 0 Å². The summed E-state index contributed by atoms with van der Waals surface area (Å²) >= 11 is 0. The maximum absolute atomic E-state index is 5.34. The quantitative estimate of drug-likeness (QED) is 0.575. The molecule has 2 heterocycles. The Bertz CT molecular complexity index is 173. The van der Waals surface area contributed by atoms with E-state index in [1.807, 2.05) is 18.2 Å². The van der Waals surface area contributed by atoms with Crippen molar-refractivity contribution in [2.24, 2.45) is 0 Å². The smallest absolute Gasteiger partial charge is 0.0465 e. The van der Waals surface area contributed by atoms with E-state index in [4.69, 9.17) is 4.74 Å². The second-order valence-corrected chi connectivity index (χ2v) is 4.49. The van der Waals surface area contributed by atoms with Crippen LogP contribution in [0.5, 0.6) is 0 Å². The summed E-state index contributed by atoms with van der Waals surface area (Å²) in [5, 5.41) is 0. The van der Waals surface area contributed by atoms with Crippen LogP contribution in [0.25, 0.3) is 0 Å². The molecule has 1 atom stereocenters. The van der Waals surface area contributed by atoms with Crippen LogP contribution in [0.15, 0.2) is 30.6 Å². The van der Waals surface area contributed by atoms with Gasteiger partial charge >= 0.3 is 0 Å². The predicted octanol–water partition coefficient (Wildman–Crippen LogP) is 0.960. The minimum Gasteiger partial charge on any atom is -0.383 e. The molecule has 0 aliphatic carbocycles. The highest BCUT2D eigenvalue weighted by atomic mass is 28.1. The average molecular weight is 195 g/mol.